The van der Waals surface area contributed by atoms with E-state index in [-0.39, 0.29) is 18.4 Å². The molecule has 1 saturated carbocycles. The predicted octanol–water partition coefficient (Wildman–Crippen LogP) is 2.86. The normalized spacial score (nSPS) is 15.5. The second kappa shape index (κ2) is 7.46. The standard InChI is InChI=1S/C16H21ClN2O2/c1-19(14-8-3-2-4-9-14)15(20)11-18-16(21)12-6-5-7-13(17)10-12/h5-7,10,14H,2-4,8-9,11H2,1H3,(H,18,21). The Morgan fingerprint density at radius 3 is 2.67 bits per heavy atom. The minimum absolute atomic E-state index is 0.0261. The van der Waals surface area contributed by atoms with Gasteiger partial charge in [0.2, 0.25) is 5.91 Å². The van der Waals surface area contributed by atoms with Gasteiger partial charge in [-0.15, -0.1) is 0 Å². The Hall–Kier alpha value is -1.55. The van der Waals surface area contributed by atoms with Crippen molar-refractivity contribution in [2.75, 3.05) is 13.6 Å². The van der Waals surface area contributed by atoms with Crippen molar-refractivity contribution in [3.8, 4) is 0 Å². The van der Waals surface area contributed by atoms with Gasteiger partial charge in [0.15, 0.2) is 0 Å². The van der Waals surface area contributed by atoms with Crippen molar-refractivity contribution in [3.63, 3.8) is 0 Å². The largest absolute Gasteiger partial charge is 0.343 e. The van der Waals surface area contributed by atoms with E-state index in [1.165, 1.54) is 19.3 Å². The van der Waals surface area contributed by atoms with Gasteiger partial charge in [0.25, 0.3) is 5.91 Å². The number of benzene rings is 1. The molecule has 0 aliphatic heterocycles. The van der Waals surface area contributed by atoms with Crippen LogP contribution in [0.15, 0.2) is 24.3 Å². The highest BCUT2D eigenvalue weighted by molar-refractivity contribution is 6.30. The number of halogens is 1. The summed E-state index contributed by atoms with van der Waals surface area (Å²) in [7, 11) is 1.82. The van der Waals surface area contributed by atoms with Crippen molar-refractivity contribution in [3.05, 3.63) is 34.9 Å². The van der Waals surface area contributed by atoms with Crippen LogP contribution in [0.2, 0.25) is 5.02 Å². The summed E-state index contributed by atoms with van der Waals surface area (Å²) in [6.07, 6.45) is 5.73. The first-order chi connectivity index (χ1) is 10.1. The number of likely N-dealkylation sites (N-methyl/N-ethyl adjacent to an activating group) is 1. The lowest BCUT2D eigenvalue weighted by molar-refractivity contribution is -0.131. The van der Waals surface area contributed by atoms with Gasteiger partial charge in [0, 0.05) is 23.7 Å². The predicted molar refractivity (Wildman–Crippen MR) is 83.4 cm³/mol. The molecule has 0 heterocycles. The van der Waals surface area contributed by atoms with Crippen LogP contribution in [0.25, 0.3) is 0 Å². The number of nitrogens with zero attached hydrogens (tertiary/aromatic N) is 1. The molecule has 0 aromatic heterocycles. The van der Waals surface area contributed by atoms with E-state index in [2.05, 4.69) is 5.32 Å². The van der Waals surface area contributed by atoms with Crippen molar-refractivity contribution in [1.82, 2.24) is 10.2 Å². The fraction of sp³-hybridized carbons (Fsp3) is 0.500. The van der Waals surface area contributed by atoms with E-state index < -0.39 is 0 Å². The van der Waals surface area contributed by atoms with E-state index >= 15 is 0 Å². The monoisotopic (exact) mass is 308 g/mol. The average Bonchev–Trinajstić information content (AvgIpc) is 2.52. The molecule has 21 heavy (non-hydrogen) atoms. The lowest BCUT2D eigenvalue weighted by Crippen LogP contribution is -2.44. The number of hydrogen-bond donors (Lipinski definition) is 1. The fourth-order valence-electron chi connectivity index (χ4n) is 2.68. The first-order valence-corrected chi connectivity index (χ1v) is 7.75. The van der Waals surface area contributed by atoms with Gasteiger partial charge in [-0.3, -0.25) is 9.59 Å². The van der Waals surface area contributed by atoms with Gasteiger partial charge >= 0.3 is 0 Å². The highest BCUT2D eigenvalue weighted by Gasteiger charge is 2.22. The maximum Gasteiger partial charge on any atom is 0.251 e. The maximum atomic E-state index is 12.1. The van der Waals surface area contributed by atoms with Crippen LogP contribution >= 0.6 is 11.6 Å². The summed E-state index contributed by atoms with van der Waals surface area (Å²) >= 11 is 5.85. The number of rotatable bonds is 4. The highest BCUT2D eigenvalue weighted by Crippen LogP contribution is 2.21. The van der Waals surface area contributed by atoms with E-state index in [0.717, 1.165) is 12.8 Å². The lowest BCUT2D eigenvalue weighted by atomic mass is 9.94. The molecular formula is C16H21ClN2O2. The third-order valence-electron chi connectivity index (χ3n) is 4.00. The van der Waals surface area contributed by atoms with Crippen molar-refractivity contribution in [1.29, 1.82) is 0 Å². The molecular weight excluding hydrogens is 288 g/mol. The number of carbonyl (C=O) groups excluding carboxylic acids is 2. The van der Waals surface area contributed by atoms with E-state index in [9.17, 15) is 9.59 Å². The number of amides is 2. The first-order valence-electron chi connectivity index (χ1n) is 7.37. The zero-order chi connectivity index (χ0) is 15.2. The molecule has 1 N–H and O–H groups in total. The molecule has 0 spiro atoms. The molecule has 1 aliphatic carbocycles. The quantitative estimate of drug-likeness (QED) is 0.930. The minimum Gasteiger partial charge on any atom is -0.343 e. The minimum atomic E-state index is -0.275. The summed E-state index contributed by atoms with van der Waals surface area (Å²) < 4.78 is 0. The van der Waals surface area contributed by atoms with Gasteiger partial charge in [-0.1, -0.05) is 36.9 Å². The van der Waals surface area contributed by atoms with E-state index in [1.807, 2.05) is 7.05 Å². The van der Waals surface area contributed by atoms with E-state index in [4.69, 9.17) is 11.6 Å². The second-order valence-corrected chi connectivity index (χ2v) is 5.93. The summed E-state index contributed by atoms with van der Waals surface area (Å²) in [6, 6.07) is 7.00. The Labute approximate surface area is 130 Å². The van der Waals surface area contributed by atoms with Crippen molar-refractivity contribution in [2.45, 2.75) is 38.1 Å². The van der Waals surface area contributed by atoms with Crippen LogP contribution in [-0.4, -0.2) is 36.3 Å². The lowest BCUT2D eigenvalue weighted by Gasteiger charge is -2.31. The summed E-state index contributed by atoms with van der Waals surface area (Å²) in [6.45, 7) is 0.0261. The van der Waals surface area contributed by atoms with E-state index in [1.54, 1.807) is 29.2 Å². The molecule has 0 bridgehead atoms. The first kappa shape index (κ1) is 15.8. The van der Waals surface area contributed by atoms with Gasteiger partial charge in [-0.05, 0) is 31.0 Å². The van der Waals surface area contributed by atoms with Crippen LogP contribution in [0.5, 0.6) is 0 Å². The Morgan fingerprint density at radius 2 is 2.00 bits per heavy atom. The highest BCUT2D eigenvalue weighted by atomic mass is 35.5. The summed E-state index contributed by atoms with van der Waals surface area (Å²) in [5, 5.41) is 3.16. The third-order valence-corrected chi connectivity index (χ3v) is 4.24. The van der Waals surface area contributed by atoms with Crippen molar-refractivity contribution < 1.29 is 9.59 Å². The maximum absolute atomic E-state index is 12.1. The molecule has 0 saturated heterocycles. The Balaban J connectivity index is 1.84. The molecule has 4 nitrogen and oxygen atoms in total. The van der Waals surface area contributed by atoms with Gasteiger partial charge < -0.3 is 10.2 Å². The molecule has 1 aliphatic rings. The van der Waals surface area contributed by atoms with Gasteiger partial charge in [0.05, 0.1) is 6.54 Å². The summed E-state index contributed by atoms with van der Waals surface area (Å²) in [5.41, 5.74) is 0.468. The summed E-state index contributed by atoms with van der Waals surface area (Å²) in [5.74, 6) is -0.319. The number of nitrogens with one attached hydrogen (secondary N) is 1. The number of carbonyl (C=O) groups is 2. The molecule has 5 heteroatoms. The molecule has 1 fully saturated rings. The van der Waals surface area contributed by atoms with Crippen LogP contribution in [0.3, 0.4) is 0 Å². The average molecular weight is 309 g/mol. The fourth-order valence-corrected chi connectivity index (χ4v) is 2.87. The molecule has 1 aromatic carbocycles. The zero-order valence-electron chi connectivity index (χ0n) is 12.3. The molecule has 114 valence electrons. The topological polar surface area (TPSA) is 49.4 Å². The van der Waals surface area contributed by atoms with E-state index in [0.29, 0.717) is 16.6 Å². The smallest absolute Gasteiger partial charge is 0.251 e. The van der Waals surface area contributed by atoms with Crippen LogP contribution in [-0.2, 0) is 4.79 Å². The van der Waals surface area contributed by atoms with Crippen LogP contribution in [0, 0.1) is 0 Å². The second-order valence-electron chi connectivity index (χ2n) is 5.49. The van der Waals surface area contributed by atoms with Crippen molar-refractivity contribution in [2.24, 2.45) is 0 Å². The van der Waals surface area contributed by atoms with Crippen LogP contribution in [0.4, 0.5) is 0 Å². The Kier molecular flexibility index (Phi) is 5.62. The molecule has 0 radical (unpaired) electrons. The van der Waals surface area contributed by atoms with Crippen LogP contribution in [0.1, 0.15) is 42.5 Å². The molecule has 2 rings (SSSR count). The molecule has 1 aromatic rings. The SMILES string of the molecule is CN(C(=O)CNC(=O)c1cccc(Cl)c1)C1CCCCC1. The molecule has 0 atom stereocenters. The third kappa shape index (κ3) is 4.46. The van der Waals surface area contributed by atoms with Gasteiger partial charge in [-0.25, -0.2) is 0 Å². The van der Waals surface area contributed by atoms with Crippen molar-refractivity contribution >= 4 is 23.4 Å². The molecule has 0 unspecified atom stereocenters. The van der Waals surface area contributed by atoms with Gasteiger partial charge in [0.1, 0.15) is 0 Å². The Bertz CT molecular complexity index is 513. The summed E-state index contributed by atoms with van der Waals surface area (Å²) in [4.78, 5) is 25.9. The molecule has 2 amide bonds. The van der Waals surface area contributed by atoms with Crippen LogP contribution < -0.4 is 5.32 Å². The number of hydrogen-bond acceptors (Lipinski definition) is 2. The zero-order valence-corrected chi connectivity index (χ0v) is 13.0. The van der Waals surface area contributed by atoms with Gasteiger partial charge in [-0.2, -0.15) is 0 Å². The Morgan fingerprint density at radius 1 is 1.29 bits per heavy atom.